The number of aliphatic imine (C=N–C) groups is 1. The lowest BCUT2D eigenvalue weighted by atomic mass is 10.0. The summed E-state index contributed by atoms with van der Waals surface area (Å²) in [6.45, 7) is 1.70. The van der Waals surface area contributed by atoms with Gasteiger partial charge in [0.1, 0.15) is 6.04 Å². The van der Waals surface area contributed by atoms with Crippen LogP contribution in [0.1, 0.15) is 30.9 Å². The maximum absolute atomic E-state index is 12.6. The summed E-state index contributed by atoms with van der Waals surface area (Å²) < 4.78 is 42.9. The minimum absolute atomic E-state index is 0.0862. The number of ether oxygens (including phenoxy) is 1. The predicted molar refractivity (Wildman–Crippen MR) is 94.2 cm³/mol. The quantitative estimate of drug-likeness (QED) is 0.524. The minimum Gasteiger partial charge on any atom is -0.464 e. The standard InChI is InChI=1S/C20H20F3NO2/c1-2-26-19(25)17(13-14-20(21,22)23)24-18(15-9-5-3-6-10-15)16-11-7-4-8-12-16/h3-12,17H,2,13-14H2,1H3. The number of alkyl halides is 3. The second-order valence-corrected chi connectivity index (χ2v) is 5.63. The molecular formula is C20H20F3NO2. The molecule has 0 saturated heterocycles. The van der Waals surface area contributed by atoms with Gasteiger partial charge in [0.15, 0.2) is 0 Å². The molecule has 0 radical (unpaired) electrons. The van der Waals surface area contributed by atoms with E-state index in [9.17, 15) is 18.0 Å². The lowest BCUT2D eigenvalue weighted by Gasteiger charge is -2.16. The monoisotopic (exact) mass is 363 g/mol. The van der Waals surface area contributed by atoms with Crippen molar-refractivity contribution < 1.29 is 22.7 Å². The van der Waals surface area contributed by atoms with Crippen LogP contribution in [0.3, 0.4) is 0 Å². The molecule has 6 heteroatoms. The first-order chi connectivity index (χ1) is 12.4. The molecule has 0 aromatic heterocycles. The summed E-state index contributed by atoms with van der Waals surface area (Å²) in [6, 6.07) is 16.9. The Kier molecular flexibility index (Phi) is 6.95. The van der Waals surface area contributed by atoms with Crippen LogP contribution in [0.2, 0.25) is 0 Å². The maximum Gasteiger partial charge on any atom is 0.389 e. The predicted octanol–water partition coefficient (Wildman–Crippen LogP) is 4.80. The Bertz CT molecular complexity index is 686. The van der Waals surface area contributed by atoms with E-state index >= 15 is 0 Å². The van der Waals surface area contributed by atoms with Gasteiger partial charge in [-0.25, -0.2) is 4.79 Å². The Hall–Kier alpha value is -2.63. The van der Waals surface area contributed by atoms with Crippen molar-refractivity contribution in [3.63, 3.8) is 0 Å². The van der Waals surface area contributed by atoms with Gasteiger partial charge in [-0.2, -0.15) is 13.2 Å². The normalized spacial score (nSPS) is 12.3. The van der Waals surface area contributed by atoms with E-state index in [1.165, 1.54) is 0 Å². The number of esters is 1. The Balaban J connectivity index is 2.43. The molecule has 1 unspecified atom stereocenters. The van der Waals surface area contributed by atoms with Crippen LogP contribution in [0, 0.1) is 0 Å². The zero-order valence-corrected chi connectivity index (χ0v) is 14.4. The molecule has 0 spiro atoms. The van der Waals surface area contributed by atoms with E-state index in [4.69, 9.17) is 4.74 Å². The number of carbonyl (C=O) groups is 1. The van der Waals surface area contributed by atoms with Gasteiger partial charge in [-0.1, -0.05) is 60.7 Å². The van der Waals surface area contributed by atoms with Gasteiger partial charge in [-0.05, 0) is 13.3 Å². The highest BCUT2D eigenvalue weighted by Gasteiger charge is 2.31. The summed E-state index contributed by atoms with van der Waals surface area (Å²) in [5.74, 6) is -0.749. The molecule has 0 aliphatic heterocycles. The van der Waals surface area contributed by atoms with Crippen LogP contribution < -0.4 is 0 Å². The highest BCUT2D eigenvalue weighted by molar-refractivity contribution is 6.13. The first kappa shape index (κ1) is 19.7. The van der Waals surface area contributed by atoms with Crippen LogP contribution in [0.15, 0.2) is 65.7 Å². The summed E-state index contributed by atoms with van der Waals surface area (Å²) in [4.78, 5) is 16.5. The maximum atomic E-state index is 12.6. The molecule has 0 saturated carbocycles. The number of hydrogen-bond acceptors (Lipinski definition) is 3. The third-order valence-electron chi connectivity index (χ3n) is 3.64. The zero-order valence-electron chi connectivity index (χ0n) is 14.4. The van der Waals surface area contributed by atoms with Crippen molar-refractivity contribution in [3.8, 4) is 0 Å². The zero-order chi connectivity index (χ0) is 19.0. The van der Waals surface area contributed by atoms with E-state index in [0.717, 1.165) is 11.1 Å². The molecule has 0 aliphatic rings. The van der Waals surface area contributed by atoms with Gasteiger partial charge in [0.05, 0.1) is 12.3 Å². The Labute approximate surface area is 150 Å². The molecule has 0 bridgehead atoms. The SMILES string of the molecule is CCOC(=O)C(CCC(F)(F)F)N=C(c1ccccc1)c1ccccc1. The Morgan fingerprint density at radius 3 is 1.92 bits per heavy atom. The van der Waals surface area contributed by atoms with Crippen LogP contribution in [0.5, 0.6) is 0 Å². The van der Waals surface area contributed by atoms with E-state index in [2.05, 4.69) is 4.99 Å². The van der Waals surface area contributed by atoms with E-state index in [1.807, 2.05) is 36.4 Å². The third kappa shape index (κ3) is 6.02. The van der Waals surface area contributed by atoms with Crippen molar-refractivity contribution in [2.24, 2.45) is 4.99 Å². The molecule has 0 aliphatic carbocycles. The summed E-state index contributed by atoms with van der Waals surface area (Å²) in [5.41, 5.74) is 1.91. The summed E-state index contributed by atoms with van der Waals surface area (Å²) in [6.07, 6.45) is -5.91. The van der Waals surface area contributed by atoms with Gasteiger partial charge in [-0.3, -0.25) is 4.99 Å². The molecule has 0 heterocycles. The second kappa shape index (κ2) is 9.17. The molecule has 2 aromatic carbocycles. The van der Waals surface area contributed by atoms with E-state index in [1.54, 1.807) is 31.2 Å². The fourth-order valence-electron chi connectivity index (χ4n) is 2.44. The van der Waals surface area contributed by atoms with Crippen molar-refractivity contribution in [2.75, 3.05) is 6.61 Å². The smallest absolute Gasteiger partial charge is 0.389 e. The third-order valence-corrected chi connectivity index (χ3v) is 3.64. The molecule has 26 heavy (non-hydrogen) atoms. The molecule has 0 N–H and O–H groups in total. The number of hydrogen-bond donors (Lipinski definition) is 0. The Morgan fingerprint density at radius 2 is 1.50 bits per heavy atom. The van der Waals surface area contributed by atoms with E-state index in [-0.39, 0.29) is 6.61 Å². The van der Waals surface area contributed by atoms with Crippen molar-refractivity contribution >= 4 is 11.7 Å². The van der Waals surface area contributed by atoms with Crippen molar-refractivity contribution in [1.82, 2.24) is 0 Å². The van der Waals surface area contributed by atoms with Crippen molar-refractivity contribution in [3.05, 3.63) is 71.8 Å². The number of carbonyl (C=O) groups excluding carboxylic acids is 1. The fourth-order valence-corrected chi connectivity index (χ4v) is 2.44. The fraction of sp³-hybridized carbons (Fsp3) is 0.300. The van der Waals surface area contributed by atoms with Crippen LogP contribution in [0.4, 0.5) is 13.2 Å². The molecule has 0 fully saturated rings. The van der Waals surface area contributed by atoms with E-state index in [0.29, 0.717) is 5.71 Å². The number of rotatable bonds is 7. The molecule has 138 valence electrons. The van der Waals surface area contributed by atoms with E-state index < -0.39 is 31.0 Å². The van der Waals surface area contributed by atoms with Gasteiger partial charge in [0.2, 0.25) is 0 Å². The lowest BCUT2D eigenvalue weighted by Crippen LogP contribution is -2.26. The van der Waals surface area contributed by atoms with Crippen LogP contribution in [0.25, 0.3) is 0 Å². The first-order valence-electron chi connectivity index (χ1n) is 8.32. The highest BCUT2D eigenvalue weighted by Crippen LogP contribution is 2.24. The molecule has 2 aromatic rings. The summed E-state index contributed by atoms with van der Waals surface area (Å²) in [7, 11) is 0. The molecular weight excluding hydrogens is 343 g/mol. The average molecular weight is 363 g/mol. The summed E-state index contributed by atoms with van der Waals surface area (Å²) >= 11 is 0. The van der Waals surface area contributed by atoms with Gasteiger partial charge >= 0.3 is 12.1 Å². The molecule has 2 rings (SSSR count). The molecule has 1 atom stereocenters. The lowest BCUT2D eigenvalue weighted by molar-refractivity contribution is -0.149. The van der Waals surface area contributed by atoms with Gasteiger partial charge < -0.3 is 4.74 Å². The first-order valence-corrected chi connectivity index (χ1v) is 8.32. The van der Waals surface area contributed by atoms with Crippen LogP contribution in [-0.2, 0) is 9.53 Å². The minimum atomic E-state index is -4.36. The van der Waals surface area contributed by atoms with Gasteiger partial charge in [0, 0.05) is 17.5 Å². The average Bonchev–Trinajstić information content (AvgIpc) is 2.62. The van der Waals surface area contributed by atoms with Crippen molar-refractivity contribution in [2.45, 2.75) is 32.0 Å². The van der Waals surface area contributed by atoms with Crippen molar-refractivity contribution in [1.29, 1.82) is 0 Å². The van der Waals surface area contributed by atoms with Gasteiger partial charge in [-0.15, -0.1) is 0 Å². The molecule has 3 nitrogen and oxygen atoms in total. The number of halogens is 3. The largest absolute Gasteiger partial charge is 0.464 e. The summed E-state index contributed by atoms with van der Waals surface area (Å²) in [5, 5.41) is 0. The van der Waals surface area contributed by atoms with Crippen LogP contribution in [-0.4, -0.2) is 30.5 Å². The second-order valence-electron chi connectivity index (χ2n) is 5.63. The number of benzene rings is 2. The van der Waals surface area contributed by atoms with Gasteiger partial charge in [0.25, 0.3) is 0 Å². The topological polar surface area (TPSA) is 38.7 Å². The highest BCUT2D eigenvalue weighted by atomic mass is 19.4. The number of nitrogens with zero attached hydrogens (tertiary/aromatic N) is 1. The molecule has 0 amide bonds. The van der Waals surface area contributed by atoms with Crippen LogP contribution >= 0.6 is 0 Å². The Morgan fingerprint density at radius 1 is 1.00 bits per heavy atom.